The van der Waals surface area contributed by atoms with E-state index in [1.807, 2.05) is 12.1 Å². The minimum atomic E-state index is -1.25. The van der Waals surface area contributed by atoms with Crippen LogP contribution in [0.2, 0.25) is 0 Å². The molecular formula is C14H18O4. The summed E-state index contributed by atoms with van der Waals surface area (Å²) in [6, 6.07) is 7.13. The van der Waals surface area contributed by atoms with Crippen molar-refractivity contribution in [3.8, 4) is 5.75 Å². The number of carboxylic acids is 1. The van der Waals surface area contributed by atoms with E-state index in [1.54, 1.807) is 19.1 Å². The van der Waals surface area contributed by atoms with Crippen LogP contribution >= 0.6 is 0 Å². The Morgan fingerprint density at radius 2 is 1.78 bits per heavy atom. The smallest absolute Gasteiger partial charge is 0.347 e. The Labute approximate surface area is 107 Å². The number of ketones is 1. The number of hydrogen-bond acceptors (Lipinski definition) is 3. The minimum Gasteiger partial charge on any atom is -0.478 e. The summed E-state index contributed by atoms with van der Waals surface area (Å²) in [5.74, 6) is -0.348. The van der Waals surface area contributed by atoms with Gasteiger partial charge in [0.05, 0.1) is 0 Å². The first-order valence-corrected chi connectivity index (χ1v) is 5.82. The van der Waals surface area contributed by atoms with Crippen LogP contribution in [0, 0.1) is 0 Å². The first-order valence-electron chi connectivity index (χ1n) is 5.82. The molecule has 0 saturated heterocycles. The summed E-state index contributed by atoms with van der Waals surface area (Å²) in [4.78, 5) is 21.8. The van der Waals surface area contributed by atoms with Gasteiger partial charge in [-0.25, -0.2) is 4.79 Å². The molecule has 0 bridgehead atoms. The molecule has 1 N–H and O–H groups in total. The zero-order chi connectivity index (χ0) is 13.8. The summed E-state index contributed by atoms with van der Waals surface area (Å²) in [5, 5.41) is 8.94. The first-order chi connectivity index (χ1) is 8.31. The van der Waals surface area contributed by atoms with Crippen LogP contribution in [-0.2, 0) is 16.0 Å². The molecule has 18 heavy (non-hydrogen) atoms. The van der Waals surface area contributed by atoms with Crippen molar-refractivity contribution >= 4 is 11.8 Å². The van der Waals surface area contributed by atoms with Crippen LogP contribution < -0.4 is 4.74 Å². The maximum atomic E-state index is 10.9. The second-order valence-corrected chi connectivity index (χ2v) is 4.76. The highest BCUT2D eigenvalue weighted by molar-refractivity contribution is 5.77. The van der Waals surface area contributed by atoms with Gasteiger partial charge in [0.1, 0.15) is 11.5 Å². The number of ether oxygens (including phenoxy) is 1. The highest BCUT2D eigenvalue weighted by Gasteiger charge is 2.29. The van der Waals surface area contributed by atoms with Crippen LogP contribution in [0.15, 0.2) is 24.3 Å². The lowest BCUT2D eigenvalue weighted by Crippen LogP contribution is -2.37. The number of aryl methyl sites for hydroxylation is 1. The Kier molecular flexibility index (Phi) is 4.48. The van der Waals surface area contributed by atoms with Crippen LogP contribution in [0.3, 0.4) is 0 Å². The highest BCUT2D eigenvalue weighted by Crippen LogP contribution is 2.19. The van der Waals surface area contributed by atoms with Crippen molar-refractivity contribution in [2.45, 2.75) is 39.2 Å². The lowest BCUT2D eigenvalue weighted by molar-refractivity contribution is -0.152. The molecule has 0 spiro atoms. The lowest BCUT2D eigenvalue weighted by atomic mass is 10.1. The molecule has 0 unspecified atom stereocenters. The fourth-order valence-corrected chi connectivity index (χ4v) is 1.38. The number of carboxylic acid groups (broad SMARTS) is 1. The third kappa shape index (κ3) is 4.20. The second kappa shape index (κ2) is 5.67. The van der Waals surface area contributed by atoms with E-state index >= 15 is 0 Å². The Morgan fingerprint density at radius 3 is 2.22 bits per heavy atom. The van der Waals surface area contributed by atoms with E-state index in [9.17, 15) is 9.59 Å². The Morgan fingerprint density at radius 1 is 1.22 bits per heavy atom. The number of carbonyl (C=O) groups is 2. The number of aliphatic carboxylic acids is 1. The maximum absolute atomic E-state index is 10.9. The summed E-state index contributed by atoms with van der Waals surface area (Å²) in [6.07, 6.45) is 1.21. The molecule has 0 saturated carbocycles. The monoisotopic (exact) mass is 250 g/mol. The van der Waals surface area contributed by atoms with Crippen LogP contribution in [0.5, 0.6) is 5.75 Å². The van der Waals surface area contributed by atoms with Crippen LogP contribution in [0.1, 0.15) is 32.8 Å². The maximum Gasteiger partial charge on any atom is 0.347 e. The van der Waals surface area contributed by atoms with E-state index in [0.717, 1.165) is 5.56 Å². The fourth-order valence-electron chi connectivity index (χ4n) is 1.38. The quantitative estimate of drug-likeness (QED) is 0.842. The number of hydrogen-bond donors (Lipinski definition) is 1. The molecular weight excluding hydrogens is 232 g/mol. The van der Waals surface area contributed by atoms with Crippen LogP contribution in [0.25, 0.3) is 0 Å². The summed E-state index contributed by atoms with van der Waals surface area (Å²) >= 11 is 0. The van der Waals surface area contributed by atoms with Gasteiger partial charge in [0.2, 0.25) is 0 Å². The largest absolute Gasteiger partial charge is 0.478 e. The normalized spacial score (nSPS) is 11.1. The van der Waals surface area contributed by atoms with E-state index in [0.29, 0.717) is 18.6 Å². The SMILES string of the molecule is CC(=O)CCc1ccc(OC(C)(C)C(=O)O)cc1. The molecule has 1 rings (SSSR count). The standard InChI is InChI=1S/C14H18O4/c1-10(15)4-5-11-6-8-12(9-7-11)18-14(2,3)13(16)17/h6-9H,4-5H2,1-3H3,(H,16,17). The van der Waals surface area contributed by atoms with Gasteiger partial charge in [-0.05, 0) is 44.9 Å². The average molecular weight is 250 g/mol. The van der Waals surface area contributed by atoms with Crippen LogP contribution in [-0.4, -0.2) is 22.5 Å². The number of rotatable bonds is 6. The zero-order valence-electron chi connectivity index (χ0n) is 10.9. The van der Waals surface area contributed by atoms with E-state index in [-0.39, 0.29) is 5.78 Å². The molecule has 1 aromatic rings. The van der Waals surface area contributed by atoms with Crippen molar-refractivity contribution in [1.29, 1.82) is 0 Å². The molecule has 4 heteroatoms. The van der Waals surface area contributed by atoms with Gasteiger partial charge in [0.15, 0.2) is 5.60 Å². The van der Waals surface area contributed by atoms with Gasteiger partial charge >= 0.3 is 5.97 Å². The van der Waals surface area contributed by atoms with Crippen molar-refractivity contribution < 1.29 is 19.4 Å². The fraction of sp³-hybridized carbons (Fsp3) is 0.429. The van der Waals surface area contributed by atoms with Gasteiger partial charge in [-0.1, -0.05) is 12.1 Å². The summed E-state index contributed by atoms with van der Waals surface area (Å²) < 4.78 is 5.38. The van der Waals surface area contributed by atoms with Crippen LogP contribution in [0.4, 0.5) is 0 Å². The van der Waals surface area contributed by atoms with Crippen molar-refractivity contribution in [3.63, 3.8) is 0 Å². The molecule has 0 aromatic heterocycles. The Balaban J connectivity index is 2.66. The average Bonchev–Trinajstić information content (AvgIpc) is 2.27. The van der Waals surface area contributed by atoms with E-state index in [2.05, 4.69) is 0 Å². The molecule has 0 heterocycles. The molecule has 0 radical (unpaired) electrons. The predicted molar refractivity (Wildman–Crippen MR) is 67.8 cm³/mol. The number of Topliss-reactive ketones (excluding diaryl/α,β-unsaturated/α-hetero) is 1. The van der Waals surface area contributed by atoms with Gasteiger partial charge < -0.3 is 14.6 Å². The van der Waals surface area contributed by atoms with E-state index in [1.165, 1.54) is 13.8 Å². The summed E-state index contributed by atoms with van der Waals surface area (Å²) in [5.41, 5.74) is -0.216. The molecule has 0 fully saturated rings. The Hall–Kier alpha value is -1.84. The van der Waals surface area contributed by atoms with Crippen molar-refractivity contribution in [1.82, 2.24) is 0 Å². The van der Waals surface area contributed by atoms with Gasteiger partial charge in [-0.3, -0.25) is 0 Å². The Bertz CT molecular complexity index is 432. The molecule has 4 nitrogen and oxygen atoms in total. The molecule has 0 aliphatic rings. The molecule has 0 amide bonds. The third-order valence-electron chi connectivity index (χ3n) is 2.58. The first kappa shape index (κ1) is 14.2. The summed E-state index contributed by atoms with van der Waals surface area (Å²) in [7, 11) is 0. The molecule has 1 aromatic carbocycles. The minimum absolute atomic E-state index is 0.155. The third-order valence-corrected chi connectivity index (χ3v) is 2.58. The topological polar surface area (TPSA) is 63.6 Å². The van der Waals surface area contributed by atoms with Gasteiger partial charge in [0, 0.05) is 6.42 Å². The van der Waals surface area contributed by atoms with E-state index < -0.39 is 11.6 Å². The predicted octanol–water partition coefficient (Wildman–Crippen LogP) is 2.45. The second-order valence-electron chi connectivity index (χ2n) is 4.76. The van der Waals surface area contributed by atoms with Crippen molar-refractivity contribution in [2.75, 3.05) is 0 Å². The number of carbonyl (C=O) groups excluding carboxylic acids is 1. The molecule has 0 atom stereocenters. The van der Waals surface area contributed by atoms with Crippen molar-refractivity contribution in [3.05, 3.63) is 29.8 Å². The highest BCUT2D eigenvalue weighted by atomic mass is 16.5. The van der Waals surface area contributed by atoms with Gasteiger partial charge in [0.25, 0.3) is 0 Å². The molecule has 0 aliphatic carbocycles. The number of benzene rings is 1. The lowest BCUT2D eigenvalue weighted by Gasteiger charge is -2.21. The van der Waals surface area contributed by atoms with Gasteiger partial charge in [-0.2, -0.15) is 0 Å². The molecule has 0 aliphatic heterocycles. The molecule has 98 valence electrons. The van der Waals surface area contributed by atoms with E-state index in [4.69, 9.17) is 9.84 Å². The van der Waals surface area contributed by atoms with Gasteiger partial charge in [-0.15, -0.1) is 0 Å². The summed E-state index contributed by atoms with van der Waals surface area (Å²) in [6.45, 7) is 4.56. The zero-order valence-corrected chi connectivity index (χ0v) is 10.9. The van der Waals surface area contributed by atoms with Crippen molar-refractivity contribution in [2.24, 2.45) is 0 Å².